The van der Waals surface area contributed by atoms with E-state index in [1.54, 1.807) is 0 Å². The second-order valence-corrected chi connectivity index (χ2v) is 5.52. The number of thioether (sulfide) groups is 1. The van der Waals surface area contributed by atoms with Crippen molar-refractivity contribution in [2.75, 3.05) is 7.05 Å². The normalized spacial score (nSPS) is 24.3. The Balaban J connectivity index is 2.51. The third-order valence-corrected chi connectivity index (χ3v) is 4.96. The fourth-order valence-corrected chi connectivity index (χ4v) is 3.95. The largest absolute Gasteiger partial charge is 0.312 e. The lowest BCUT2D eigenvalue weighted by Crippen LogP contribution is -2.23. The van der Waals surface area contributed by atoms with E-state index >= 15 is 0 Å². The number of rotatable bonds is 2. The van der Waals surface area contributed by atoms with Crippen LogP contribution < -0.4 is 5.32 Å². The molecule has 2 unspecified atom stereocenters. The average Bonchev–Trinajstić information content (AvgIpc) is 2.63. The van der Waals surface area contributed by atoms with Gasteiger partial charge in [-0.05, 0) is 44.0 Å². The molecule has 0 fully saturated rings. The molecule has 0 saturated heterocycles. The SMILES string of the molecule is CCC1Sc2c(C)ccc(C)c2C1NC. The van der Waals surface area contributed by atoms with Gasteiger partial charge in [0, 0.05) is 16.2 Å². The number of benzene rings is 1. The highest BCUT2D eigenvalue weighted by Gasteiger charge is 2.32. The lowest BCUT2D eigenvalue weighted by molar-refractivity contribution is 0.560. The summed E-state index contributed by atoms with van der Waals surface area (Å²) in [5.74, 6) is 0. The van der Waals surface area contributed by atoms with Crippen LogP contribution in [0.1, 0.15) is 36.1 Å². The zero-order valence-electron chi connectivity index (χ0n) is 9.92. The Bertz CT molecular complexity index is 373. The number of nitrogens with one attached hydrogen (secondary N) is 1. The van der Waals surface area contributed by atoms with E-state index in [0.717, 1.165) is 0 Å². The van der Waals surface area contributed by atoms with Crippen LogP contribution in [-0.4, -0.2) is 12.3 Å². The maximum Gasteiger partial charge on any atom is 0.0455 e. The summed E-state index contributed by atoms with van der Waals surface area (Å²) in [6.45, 7) is 6.72. The minimum atomic E-state index is 0.537. The minimum Gasteiger partial charge on any atom is -0.312 e. The van der Waals surface area contributed by atoms with Crippen LogP contribution in [0.5, 0.6) is 0 Å². The van der Waals surface area contributed by atoms with Gasteiger partial charge in [-0.25, -0.2) is 0 Å². The monoisotopic (exact) mass is 221 g/mol. The zero-order chi connectivity index (χ0) is 11.0. The van der Waals surface area contributed by atoms with Crippen molar-refractivity contribution in [1.29, 1.82) is 0 Å². The summed E-state index contributed by atoms with van der Waals surface area (Å²) < 4.78 is 0. The maximum atomic E-state index is 3.47. The Kier molecular flexibility index (Phi) is 3.08. The van der Waals surface area contributed by atoms with Crippen LogP contribution in [0.25, 0.3) is 0 Å². The van der Waals surface area contributed by atoms with E-state index in [1.807, 2.05) is 11.8 Å². The molecule has 1 heterocycles. The van der Waals surface area contributed by atoms with Crippen molar-refractivity contribution in [2.24, 2.45) is 0 Å². The van der Waals surface area contributed by atoms with Gasteiger partial charge in [0.2, 0.25) is 0 Å². The van der Waals surface area contributed by atoms with E-state index in [4.69, 9.17) is 0 Å². The van der Waals surface area contributed by atoms with Gasteiger partial charge in [0.05, 0.1) is 0 Å². The molecule has 0 spiro atoms. The molecule has 1 aliphatic heterocycles. The van der Waals surface area contributed by atoms with Crippen LogP contribution in [0, 0.1) is 13.8 Å². The van der Waals surface area contributed by atoms with Gasteiger partial charge in [0.15, 0.2) is 0 Å². The van der Waals surface area contributed by atoms with Crippen molar-refractivity contribution in [3.8, 4) is 0 Å². The first-order valence-corrected chi connectivity index (χ1v) is 6.51. The summed E-state index contributed by atoms with van der Waals surface area (Å²) in [7, 11) is 2.07. The van der Waals surface area contributed by atoms with Crippen molar-refractivity contribution in [2.45, 2.75) is 43.4 Å². The Hall–Kier alpha value is -0.470. The number of hydrogen-bond acceptors (Lipinski definition) is 2. The van der Waals surface area contributed by atoms with E-state index in [2.05, 4.69) is 45.3 Å². The molecule has 15 heavy (non-hydrogen) atoms. The van der Waals surface area contributed by atoms with Gasteiger partial charge in [-0.3, -0.25) is 0 Å². The highest BCUT2D eigenvalue weighted by molar-refractivity contribution is 8.00. The molecule has 2 rings (SSSR count). The van der Waals surface area contributed by atoms with E-state index in [-0.39, 0.29) is 0 Å². The van der Waals surface area contributed by atoms with Crippen LogP contribution in [0.4, 0.5) is 0 Å². The third kappa shape index (κ3) is 1.70. The summed E-state index contributed by atoms with van der Waals surface area (Å²) in [6, 6.07) is 5.03. The highest BCUT2D eigenvalue weighted by Crippen LogP contribution is 2.48. The van der Waals surface area contributed by atoms with Crippen molar-refractivity contribution in [3.05, 3.63) is 28.8 Å². The lowest BCUT2D eigenvalue weighted by Gasteiger charge is -2.18. The van der Waals surface area contributed by atoms with E-state index in [9.17, 15) is 0 Å². The molecule has 0 bridgehead atoms. The zero-order valence-corrected chi connectivity index (χ0v) is 10.7. The fourth-order valence-electron chi connectivity index (χ4n) is 2.40. The summed E-state index contributed by atoms with van der Waals surface area (Å²) in [5, 5.41) is 4.17. The Labute approximate surface area is 96.7 Å². The number of hydrogen-bond donors (Lipinski definition) is 1. The van der Waals surface area contributed by atoms with E-state index in [0.29, 0.717) is 11.3 Å². The van der Waals surface area contributed by atoms with Gasteiger partial charge in [-0.15, -0.1) is 11.8 Å². The molecule has 1 aliphatic rings. The number of aryl methyl sites for hydroxylation is 2. The molecular formula is C13H19NS. The van der Waals surface area contributed by atoms with Gasteiger partial charge >= 0.3 is 0 Å². The average molecular weight is 221 g/mol. The van der Waals surface area contributed by atoms with E-state index < -0.39 is 0 Å². The first-order chi connectivity index (χ1) is 7.19. The molecule has 0 amide bonds. The Morgan fingerprint density at radius 3 is 2.53 bits per heavy atom. The molecule has 82 valence electrons. The topological polar surface area (TPSA) is 12.0 Å². The fraction of sp³-hybridized carbons (Fsp3) is 0.538. The standard InChI is InChI=1S/C13H19NS/c1-5-10-12(14-4)11-8(2)6-7-9(3)13(11)15-10/h6-7,10,12,14H,5H2,1-4H3. The lowest BCUT2D eigenvalue weighted by atomic mass is 9.96. The minimum absolute atomic E-state index is 0.537. The van der Waals surface area contributed by atoms with Crippen LogP contribution in [-0.2, 0) is 0 Å². The van der Waals surface area contributed by atoms with Crippen LogP contribution >= 0.6 is 11.8 Å². The smallest absolute Gasteiger partial charge is 0.0455 e. The highest BCUT2D eigenvalue weighted by atomic mass is 32.2. The van der Waals surface area contributed by atoms with Crippen molar-refractivity contribution in [1.82, 2.24) is 5.32 Å². The summed E-state index contributed by atoms with van der Waals surface area (Å²) in [6.07, 6.45) is 1.23. The summed E-state index contributed by atoms with van der Waals surface area (Å²) in [4.78, 5) is 1.52. The first kappa shape index (κ1) is 11.0. The van der Waals surface area contributed by atoms with Crippen LogP contribution in [0.15, 0.2) is 17.0 Å². The molecule has 0 aliphatic carbocycles. The Morgan fingerprint density at radius 2 is 1.93 bits per heavy atom. The molecule has 0 radical (unpaired) electrons. The van der Waals surface area contributed by atoms with Crippen LogP contribution in [0.3, 0.4) is 0 Å². The third-order valence-electron chi connectivity index (χ3n) is 3.28. The molecule has 0 saturated carbocycles. The molecule has 1 N–H and O–H groups in total. The van der Waals surface area contributed by atoms with Crippen molar-refractivity contribution < 1.29 is 0 Å². The van der Waals surface area contributed by atoms with Crippen molar-refractivity contribution >= 4 is 11.8 Å². The van der Waals surface area contributed by atoms with E-state index in [1.165, 1.54) is 28.0 Å². The molecule has 2 atom stereocenters. The molecule has 2 heteroatoms. The maximum absolute atomic E-state index is 3.47. The molecular weight excluding hydrogens is 202 g/mol. The second-order valence-electron chi connectivity index (χ2n) is 4.27. The van der Waals surface area contributed by atoms with Gasteiger partial charge < -0.3 is 5.32 Å². The van der Waals surface area contributed by atoms with Crippen LogP contribution in [0.2, 0.25) is 0 Å². The Morgan fingerprint density at radius 1 is 1.27 bits per heavy atom. The molecule has 1 aromatic rings. The van der Waals surface area contributed by atoms with Gasteiger partial charge in [-0.2, -0.15) is 0 Å². The first-order valence-electron chi connectivity index (χ1n) is 5.63. The van der Waals surface area contributed by atoms with Gasteiger partial charge in [-0.1, -0.05) is 19.1 Å². The van der Waals surface area contributed by atoms with Gasteiger partial charge in [0.25, 0.3) is 0 Å². The molecule has 1 aromatic carbocycles. The summed E-state index contributed by atoms with van der Waals surface area (Å²) in [5.41, 5.74) is 4.39. The molecule has 0 aromatic heterocycles. The van der Waals surface area contributed by atoms with Gasteiger partial charge in [0.1, 0.15) is 0 Å². The molecule has 1 nitrogen and oxygen atoms in total. The van der Waals surface area contributed by atoms with Crippen molar-refractivity contribution in [3.63, 3.8) is 0 Å². The quantitative estimate of drug-likeness (QED) is 0.821. The summed E-state index contributed by atoms with van der Waals surface area (Å²) >= 11 is 2.05. The second kappa shape index (κ2) is 4.18. The number of fused-ring (bicyclic) bond motifs is 1. The predicted octanol–water partition coefficient (Wildman–Crippen LogP) is 3.45. The predicted molar refractivity (Wildman–Crippen MR) is 67.7 cm³/mol.